The molecule has 1 heterocycles. The molecular formula is C12H14BrNO. The van der Waals surface area contributed by atoms with Gasteiger partial charge >= 0.3 is 0 Å². The molecule has 0 aliphatic carbocycles. The first-order valence-corrected chi connectivity index (χ1v) is 5.98. The van der Waals surface area contributed by atoms with Crippen molar-refractivity contribution < 1.29 is 4.79 Å². The van der Waals surface area contributed by atoms with Crippen LogP contribution in [0, 0.1) is 0 Å². The second kappa shape index (κ2) is 4.35. The summed E-state index contributed by atoms with van der Waals surface area (Å²) >= 11 is 3.40. The number of benzene rings is 1. The van der Waals surface area contributed by atoms with Crippen molar-refractivity contribution in [3.8, 4) is 0 Å². The third-order valence-electron chi connectivity index (χ3n) is 2.93. The van der Waals surface area contributed by atoms with Crippen LogP contribution in [0.3, 0.4) is 0 Å². The molecule has 3 heteroatoms. The number of amides is 1. The van der Waals surface area contributed by atoms with E-state index >= 15 is 0 Å². The van der Waals surface area contributed by atoms with Crippen molar-refractivity contribution in [2.75, 3.05) is 13.6 Å². The van der Waals surface area contributed by atoms with Crippen molar-refractivity contribution in [1.82, 2.24) is 4.90 Å². The van der Waals surface area contributed by atoms with Crippen molar-refractivity contribution in [2.24, 2.45) is 0 Å². The molecular weight excluding hydrogens is 254 g/mol. The van der Waals surface area contributed by atoms with E-state index in [0.29, 0.717) is 0 Å². The minimum absolute atomic E-state index is 0.0665. The first-order chi connectivity index (χ1) is 7.18. The van der Waals surface area contributed by atoms with Crippen LogP contribution in [0.15, 0.2) is 28.7 Å². The number of hydrogen-bond acceptors (Lipinski definition) is 1. The first kappa shape index (κ1) is 10.7. The summed E-state index contributed by atoms with van der Waals surface area (Å²) in [6.07, 6.45) is 2.08. The lowest BCUT2D eigenvalue weighted by Gasteiger charge is -2.29. The highest BCUT2D eigenvalue weighted by Gasteiger charge is 2.27. The number of hydrogen-bond donors (Lipinski definition) is 0. The third kappa shape index (κ3) is 2.23. The Balaban J connectivity index is 2.22. The Bertz CT molecular complexity index is 360. The predicted octanol–water partition coefficient (Wildman–Crippen LogP) is 2.78. The number of likely N-dealkylation sites (N-methyl/N-ethyl adjacent to an activating group) is 1. The van der Waals surface area contributed by atoms with E-state index in [2.05, 4.69) is 15.9 Å². The van der Waals surface area contributed by atoms with Gasteiger partial charge < -0.3 is 4.90 Å². The van der Waals surface area contributed by atoms with Crippen LogP contribution in [0.25, 0.3) is 0 Å². The van der Waals surface area contributed by atoms with E-state index in [1.807, 2.05) is 36.2 Å². The van der Waals surface area contributed by atoms with Crippen molar-refractivity contribution in [1.29, 1.82) is 0 Å². The molecule has 2 nitrogen and oxygen atoms in total. The fraction of sp³-hybridized carbons (Fsp3) is 0.417. The molecule has 0 bridgehead atoms. The topological polar surface area (TPSA) is 20.3 Å². The largest absolute Gasteiger partial charge is 0.345 e. The molecule has 80 valence electrons. The molecule has 0 spiro atoms. The van der Waals surface area contributed by atoms with Crippen LogP contribution in [0.4, 0.5) is 0 Å². The van der Waals surface area contributed by atoms with Gasteiger partial charge in [0, 0.05) is 18.1 Å². The van der Waals surface area contributed by atoms with Crippen LogP contribution in [0.2, 0.25) is 0 Å². The standard InChI is InChI=1S/C12H14BrNO/c1-14-8-2-3-11(12(14)15)9-4-6-10(13)7-5-9/h4-7,11H,2-3,8H2,1H3. The van der Waals surface area contributed by atoms with Crippen LogP contribution in [-0.2, 0) is 4.79 Å². The number of likely N-dealkylation sites (tertiary alicyclic amines) is 1. The van der Waals surface area contributed by atoms with Gasteiger partial charge in [0.25, 0.3) is 0 Å². The van der Waals surface area contributed by atoms with Gasteiger partial charge in [-0.05, 0) is 30.5 Å². The highest BCUT2D eigenvalue weighted by Crippen LogP contribution is 2.28. The quantitative estimate of drug-likeness (QED) is 0.767. The predicted molar refractivity (Wildman–Crippen MR) is 63.8 cm³/mol. The Morgan fingerprint density at radius 1 is 1.33 bits per heavy atom. The number of piperidine rings is 1. The zero-order valence-corrected chi connectivity index (χ0v) is 10.3. The summed E-state index contributed by atoms with van der Waals surface area (Å²) in [4.78, 5) is 13.8. The van der Waals surface area contributed by atoms with E-state index in [-0.39, 0.29) is 11.8 Å². The van der Waals surface area contributed by atoms with Gasteiger partial charge in [-0.3, -0.25) is 4.79 Å². The monoisotopic (exact) mass is 267 g/mol. The molecule has 1 aliphatic rings. The van der Waals surface area contributed by atoms with Crippen LogP contribution >= 0.6 is 15.9 Å². The lowest BCUT2D eigenvalue weighted by molar-refractivity contribution is -0.133. The van der Waals surface area contributed by atoms with Gasteiger partial charge in [-0.1, -0.05) is 28.1 Å². The first-order valence-electron chi connectivity index (χ1n) is 5.19. The average molecular weight is 268 g/mol. The van der Waals surface area contributed by atoms with E-state index in [0.717, 1.165) is 29.4 Å². The van der Waals surface area contributed by atoms with Gasteiger partial charge in [0.15, 0.2) is 0 Å². The van der Waals surface area contributed by atoms with Gasteiger partial charge in [-0.15, -0.1) is 0 Å². The Hall–Kier alpha value is -0.830. The molecule has 0 radical (unpaired) electrons. The van der Waals surface area contributed by atoms with Gasteiger partial charge in [0.1, 0.15) is 0 Å². The summed E-state index contributed by atoms with van der Waals surface area (Å²) < 4.78 is 1.06. The molecule has 1 unspecified atom stereocenters. The summed E-state index contributed by atoms with van der Waals surface area (Å²) in [6, 6.07) is 8.06. The fourth-order valence-electron chi connectivity index (χ4n) is 2.04. The van der Waals surface area contributed by atoms with Gasteiger partial charge in [-0.25, -0.2) is 0 Å². The molecule has 1 aromatic carbocycles. The van der Waals surface area contributed by atoms with Crippen LogP contribution in [0.5, 0.6) is 0 Å². The highest BCUT2D eigenvalue weighted by molar-refractivity contribution is 9.10. The molecule has 15 heavy (non-hydrogen) atoms. The zero-order valence-electron chi connectivity index (χ0n) is 8.74. The molecule has 1 saturated heterocycles. The number of nitrogens with zero attached hydrogens (tertiary/aromatic N) is 1. The van der Waals surface area contributed by atoms with E-state index in [1.54, 1.807) is 0 Å². The fourth-order valence-corrected chi connectivity index (χ4v) is 2.30. The second-order valence-corrected chi connectivity index (χ2v) is 4.92. The Labute approximate surface area is 98.4 Å². The SMILES string of the molecule is CN1CCCC(c2ccc(Br)cc2)C1=O. The Kier molecular flexibility index (Phi) is 3.10. The van der Waals surface area contributed by atoms with Crippen molar-refractivity contribution in [3.05, 3.63) is 34.3 Å². The molecule has 1 fully saturated rings. The summed E-state index contributed by atoms with van der Waals surface area (Å²) in [5.41, 5.74) is 1.13. The molecule has 1 aromatic rings. The Morgan fingerprint density at radius 3 is 2.67 bits per heavy atom. The minimum Gasteiger partial charge on any atom is -0.345 e. The maximum absolute atomic E-state index is 11.9. The number of rotatable bonds is 1. The minimum atomic E-state index is 0.0665. The normalized spacial score (nSPS) is 21.9. The smallest absolute Gasteiger partial charge is 0.229 e. The van der Waals surface area contributed by atoms with Crippen LogP contribution < -0.4 is 0 Å². The highest BCUT2D eigenvalue weighted by atomic mass is 79.9. The molecule has 0 saturated carbocycles. The number of halogens is 1. The summed E-state index contributed by atoms with van der Waals surface area (Å²) in [5.74, 6) is 0.320. The Morgan fingerprint density at radius 2 is 2.00 bits per heavy atom. The number of carbonyl (C=O) groups is 1. The average Bonchev–Trinajstić information content (AvgIpc) is 2.24. The van der Waals surface area contributed by atoms with E-state index < -0.39 is 0 Å². The molecule has 1 amide bonds. The summed E-state index contributed by atoms with van der Waals surface area (Å²) in [7, 11) is 1.88. The van der Waals surface area contributed by atoms with E-state index in [9.17, 15) is 4.79 Å². The van der Waals surface area contributed by atoms with Crippen LogP contribution in [-0.4, -0.2) is 24.4 Å². The van der Waals surface area contributed by atoms with Crippen molar-refractivity contribution in [3.63, 3.8) is 0 Å². The molecule has 1 atom stereocenters. The van der Waals surface area contributed by atoms with Crippen molar-refractivity contribution >= 4 is 21.8 Å². The number of carbonyl (C=O) groups excluding carboxylic acids is 1. The maximum Gasteiger partial charge on any atom is 0.229 e. The zero-order chi connectivity index (χ0) is 10.8. The molecule has 2 rings (SSSR count). The molecule has 0 aromatic heterocycles. The maximum atomic E-state index is 11.9. The van der Waals surface area contributed by atoms with Gasteiger partial charge in [0.2, 0.25) is 5.91 Å². The van der Waals surface area contributed by atoms with Crippen molar-refractivity contribution in [2.45, 2.75) is 18.8 Å². The van der Waals surface area contributed by atoms with Crippen LogP contribution in [0.1, 0.15) is 24.3 Å². The van der Waals surface area contributed by atoms with Gasteiger partial charge in [0.05, 0.1) is 5.92 Å². The summed E-state index contributed by atoms with van der Waals surface area (Å²) in [6.45, 7) is 0.895. The summed E-state index contributed by atoms with van der Waals surface area (Å²) in [5, 5.41) is 0. The lowest BCUT2D eigenvalue weighted by atomic mass is 9.90. The van der Waals surface area contributed by atoms with E-state index in [4.69, 9.17) is 0 Å². The lowest BCUT2D eigenvalue weighted by Crippen LogP contribution is -2.36. The molecule has 1 aliphatic heterocycles. The second-order valence-electron chi connectivity index (χ2n) is 4.01. The third-order valence-corrected chi connectivity index (χ3v) is 3.46. The van der Waals surface area contributed by atoms with E-state index in [1.165, 1.54) is 0 Å². The molecule has 0 N–H and O–H groups in total. The van der Waals surface area contributed by atoms with Gasteiger partial charge in [-0.2, -0.15) is 0 Å².